The van der Waals surface area contributed by atoms with Crippen molar-refractivity contribution in [3.8, 4) is 23.4 Å². The van der Waals surface area contributed by atoms with E-state index in [1.807, 2.05) is 30.3 Å². The maximum atomic E-state index is 12.4. The zero-order chi connectivity index (χ0) is 20.6. The molecule has 0 saturated heterocycles. The van der Waals surface area contributed by atoms with Gasteiger partial charge in [-0.1, -0.05) is 32.9 Å². The Hall–Kier alpha value is -3.85. The summed E-state index contributed by atoms with van der Waals surface area (Å²) in [6, 6.07) is 18.6. The molecule has 6 heteroatoms. The van der Waals surface area contributed by atoms with Gasteiger partial charge in [-0.25, -0.2) is 9.78 Å². The van der Waals surface area contributed by atoms with Crippen molar-refractivity contribution < 1.29 is 4.74 Å². The largest absolute Gasteiger partial charge is 0.439 e. The standard InChI is InChI=1S/C23H20N4O2/c1-23(2,3)17-12-15(13-24)8-10-20(17)29-21-11-9-16(14-25-21)27-19-7-5-4-6-18(19)26-22(27)28/h4-12,14H,1-3H3,(H,26,28). The highest BCUT2D eigenvalue weighted by Gasteiger charge is 2.20. The lowest BCUT2D eigenvalue weighted by molar-refractivity contribution is 0.439. The summed E-state index contributed by atoms with van der Waals surface area (Å²) in [6.45, 7) is 6.20. The SMILES string of the molecule is CC(C)(C)c1cc(C#N)ccc1Oc1ccc(-n2c(=O)[nH]c3ccccc32)cn1. The summed E-state index contributed by atoms with van der Waals surface area (Å²) < 4.78 is 7.59. The smallest absolute Gasteiger partial charge is 0.331 e. The van der Waals surface area contributed by atoms with Crippen LogP contribution >= 0.6 is 0 Å². The molecular weight excluding hydrogens is 364 g/mol. The summed E-state index contributed by atoms with van der Waals surface area (Å²) in [7, 11) is 0. The van der Waals surface area contributed by atoms with E-state index >= 15 is 0 Å². The Morgan fingerprint density at radius 2 is 1.90 bits per heavy atom. The summed E-state index contributed by atoms with van der Waals surface area (Å²) in [5, 5.41) is 9.19. The van der Waals surface area contributed by atoms with Gasteiger partial charge in [0.15, 0.2) is 0 Å². The monoisotopic (exact) mass is 384 g/mol. The molecule has 0 spiro atoms. The zero-order valence-electron chi connectivity index (χ0n) is 16.4. The molecule has 0 amide bonds. The van der Waals surface area contributed by atoms with Crippen LogP contribution in [-0.4, -0.2) is 14.5 Å². The van der Waals surface area contributed by atoms with Crippen LogP contribution in [0.15, 0.2) is 65.6 Å². The van der Waals surface area contributed by atoms with Crippen LogP contribution in [0, 0.1) is 11.3 Å². The second-order valence-electron chi connectivity index (χ2n) is 7.81. The van der Waals surface area contributed by atoms with Gasteiger partial charge in [0.2, 0.25) is 5.88 Å². The van der Waals surface area contributed by atoms with Crippen molar-refractivity contribution in [2.24, 2.45) is 0 Å². The van der Waals surface area contributed by atoms with Crippen molar-refractivity contribution in [3.05, 3.63) is 82.4 Å². The van der Waals surface area contributed by atoms with E-state index in [9.17, 15) is 10.1 Å². The van der Waals surface area contributed by atoms with Crippen LogP contribution in [0.4, 0.5) is 0 Å². The number of nitrogens with one attached hydrogen (secondary N) is 1. The van der Waals surface area contributed by atoms with E-state index in [4.69, 9.17) is 4.74 Å². The number of nitrogens with zero attached hydrogens (tertiary/aromatic N) is 3. The highest BCUT2D eigenvalue weighted by Crippen LogP contribution is 2.34. The fraction of sp³-hybridized carbons (Fsp3) is 0.174. The molecule has 144 valence electrons. The van der Waals surface area contributed by atoms with Crippen molar-refractivity contribution in [1.82, 2.24) is 14.5 Å². The van der Waals surface area contributed by atoms with E-state index in [1.165, 1.54) is 0 Å². The van der Waals surface area contributed by atoms with Crippen LogP contribution < -0.4 is 10.4 Å². The first kappa shape index (κ1) is 18.5. The lowest BCUT2D eigenvalue weighted by atomic mass is 9.85. The van der Waals surface area contributed by atoms with Crippen molar-refractivity contribution >= 4 is 11.0 Å². The lowest BCUT2D eigenvalue weighted by Crippen LogP contribution is -2.15. The molecular formula is C23H20N4O2. The predicted molar refractivity (Wildman–Crippen MR) is 112 cm³/mol. The molecule has 6 nitrogen and oxygen atoms in total. The van der Waals surface area contributed by atoms with Gasteiger partial charge in [-0.15, -0.1) is 0 Å². The second-order valence-corrected chi connectivity index (χ2v) is 7.81. The second kappa shape index (κ2) is 6.95. The molecule has 2 heterocycles. The van der Waals surface area contributed by atoms with Gasteiger partial charge in [0.1, 0.15) is 5.75 Å². The number of pyridine rings is 1. The van der Waals surface area contributed by atoms with E-state index in [0.29, 0.717) is 22.9 Å². The fourth-order valence-corrected chi connectivity index (χ4v) is 3.26. The Morgan fingerprint density at radius 1 is 1.10 bits per heavy atom. The minimum Gasteiger partial charge on any atom is -0.439 e. The minimum absolute atomic E-state index is 0.195. The number of aromatic amines is 1. The van der Waals surface area contributed by atoms with E-state index < -0.39 is 0 Å². The summed E-state index contributed by atoms with van der Waals surface area (Å²) in [5.74, 6) is 1.07. The maximum absolute atomic E-state index is 12.4. The summed E-state index contributed by atoms with van der Waals surface area (Å²) in [5.41, 5.74) is 3.30. The third-order valence-electron chi connectivity index (χ3n) is 4.70. The molecule has 0 aliphatic rings. The molecule has 0 radical (unpaired) electrons. The zero-order valence-corrected chi connectivity index (χ0v) is 16.4. The first-order chi connectivity index (χ1) is 13.9. The average molecular weight is 384 g/mol. The molecule has 1 N–H and O–H groups in total. The first-order valence-corrected chi connectivity index (χ1v) is 9.25. The Balaban J connectivity index is 1.69. The van der Waals surface area contributed by atoms with Crippen molar-refractivity contribution in [3.63, 3.8) is 0 Å². The molecule has 0 saturated carbocycles. The Labute approximate surface area is 168 Å². The minimum atomic E-state index is -0.219. The molecule has 0 unspecified atom stereocenters. The van der Waals surface area contributed by atoms with Gasteiger partial charge in [-0.2, -0.15) is 5.26 Å². The Morgan fingerprint density at radius 3 is 2.59 bits per heavy atom. The summed E-state index contributed by atoms with van der Waals surface area (Å²) in [6.07, 6.45) is 1.61. The number of aromatic nitrogens is 3. The molecule has 0 fully saturated rings. The number of ether oxygens (including phenoxy) is 1. The Bertz CT molecular complexity index is 1290. The number of hydrogen-bond donors (Lipinski definition) is 1. The molecule has 0 atom stereocenters. The number of rotatable bonds is 3. The van der Waals surface area contributed by atoms with Gasteiger partial charge in [-0.05, 0) is 41.8 Å². The van der Waals surface area contributed by atoms with E-state index in [2.05, 4.69) is 36.8 Å². The van der Waals surface area contributed by atoms with Crippen LogP contribution in [0.25, 0.3) is 16.7 Å². The number of benzene rings is 2. The predicted octanol–water partition coefficient (Wildman–Crippen LogP) is 4.68. The number of fused-ring (bicyclic) bond motifs is 1. The van der Waals surface area contributed by atoms with Gasteiger partial charge in [-0.3, -0.25) is 4.57 Å². The van der Waals surface area contributed by atoms with Crippen LogP contribution in [0.5, 0.6) is 11.6 Å². The summed E-state index contributed by atoms with van der Waals surface area (Å²) in [4.78, 5) is 19.6. The van der Waals surface area contributed by atoms with E-state index in [1.54, 1.807) is 35.0 Å². The van der Waals surface area contributed by atoms with Crippen molar-refractivity contribution in [1.29, 1.82) is 5.26 Å². The van der Waals surface area contributed by atoms with E-state index in [0.717, 1.165) is 16.6 Å². The summed E-state index contributed by atoms with van der Waals surface area (Å²) >= 11 is 0. The molecule has 0 aliphatic heterocycles. The fourth-order valence-electron chi connectivity index (χ4n) is 3.26. The van der Waals surface area contributed by atoms with Crippen LogP contribution in [0.3, 0.4) is 0 Å². The Kier molecular flexibility index (Phi) is 4.44. The number of imidazole rings is 1. The topological polar surface area (TPSA) is 83.7 Å². The van der Waals surface area contributed by atoms with E-state index in [-0.39, 0.29) is 11.1 Å². The number of nitriles is 1. The average Bonchev–Trinajstić information content (AvgIpc) is 3.04. The normalized spacial score (nSPS) is 11.4. The quantitative estimate of drug-likeness (QED) is 0.556. The highest BCUT2D eigenvalue weighted by molar-refractivity contribution is 5.77. The number of H-pyrrole nitrogens is 1. The van der Waals surface area contributed by atoms with Crippen LogP contribution in [0.1, 0.15) is 31.9 Å². The molecule has 4 rings (SSSR count). The number of para-hydroxylation sites is 2. The van der Waals surface area contributed by atoms with Gasteiger partial charge < -0.3 is 9.72 Å². The van der Waals surface area contributed by atoms with Crippen molar-refractivity contribution in [2.75, 3.05) is 0 Å². The van der Waals surface area contributed by atoms with Crippen LogP contribution in [0.2, 0.25) is 0 Å². The molecule has 0 bridgehead atoms. The van der Waals surface area contributed by atoms with Crippen molar-refractivity contribution in [2.45, 2.75) is 26.2 Å². The number of hydrogen-bond acceptors (Lipinski definition) is 4. The third kappa shape index (κ3) is 3.50. The highest BCUT2D eigenvalue weighted by atomic mass is 16.5. The van der Waals surface area contributed by atoms with Gasteiger partial charge >= 0.3 is 5.69 Å². The molecule has 29 heavy (non-hydrogen) atoms. The van der Waals surface area contributed by atoms with Crippen LogP contribution in [-0.2, 0) is 5.41 Å². The molecule has 4 aromatic rings. The third-order valence-corrected chi connectivity index (χ3v) is 4.70. The van der Waals surface area contributed by atoms with Gasteiger partial charge in [0.05, 0.1) is 34.6 Å². The maximum Gasteiger partial charge on any atom is 0.331 e. The molecule has 2 aromatic carbocycles. The molecule has 0 aliphatic carbocycles. The lowest BCUT2D eigenvalue weighted by Gasteiger charge is -2.22. The van der Waals surface area contributed by atoms with Gasteiger partial charge in [0.25, 0.3) is 0 Å². The molecule has 2 aromatic heterocycles. The first-order valence-electron chi connectivity index (χ1n) is 9.25. The van der Waals surface area contributed by atoms with Gasteiger partial charge in [0, 0.05) is 11.6 Å².